The van der Waals surface area contributed by atoms with Crippen molar-refractivity contribution in [2.75, 3.05) is 44.4 Å². The van der Waals surface area contributed by atoms with Crippen LogP contribution in [0.2, 0.25) is 0 Å². The lowest BCUT2D eigenvalue weighted by Crippen LogP contribution is -2.44. The number of rotatable bonds is 3. The first-order valence-electron chi connectivity index (χ1n) is 9.00. The van der Waals surface area contributed by atoms with Gasteiger partial charge in [0.15, 0.2) is 21.8 Å². The molecule has 0 radical (unpaired) electrons. The van der Waals surface area contributed by atoms with E-state index in [4.69, 9.17) is 4.42 Å². The number of fused-ring (bicyclic) bond motifs is 1. The van der Waals surface area contributed by atoms with Gasteiger partial charge in [-0.1, -0.05) is 0 Å². The van der Waals surface area contributed by atoms with Crippen LogP contribution in [0.4, 0.5) is 5.88 Å². The molecule has 0 amide bonds. The lowest BCUT2D eigenvalue weighted by Gasteiger charge is -2.32. The smallest absolute Gasteiger partial charge is 0.200 e. The minimum atomic E-state index is -3.28. The third-order valence-electron chi connectivity index (χ3n) is 5.00. The number of anilines is 1. The number of pyridine rings is 1. The van der Waals surface area contributed by atoms with Gasteiger partial charge in [-0.2, -0.15) is 0 Å². The quantitative estimate of drug-likeness (QED) is 0.624. The molecule has 1 saturated heterocycles. The van der Waals surface area contributed by atoms with Crippen LogP contribution in [0.5, 0.6) is 0 Å². The number of aromatic nitrogens is 1. The number of sulfone groups is 1. The number of likely N-dealkylation sites (N-methyl/N-ethyl adjacent to an activating group) is 1. The van der Waals surface area contributed by atoms with Crippen LogP contribution in [-0.4, -0.2) is 53.9 Å². The molecule has 0 saturated carbocycles. The summed E-state index contributed by atoms with van der Waals surface area (Å²) in [5, 5.41) is 0.454. The molecule has 3 heterocycles. The fraction of sp³-hybridized carbons (Fsp3) is 0.300. The highest BCUT2D eigenvalue weighted by molar-refractivity contribution is 7.97. The third kappa shape index (κ3) is 3.58. The van der Waals surface area contributed by atoms with E-state index in [9.17, 15) is 13.6 Å². The normalized spacial score (nSPS) is 17.6. The van der Waals surface area contributed by atoms with Crippen LogP contribution in [0.25, 0.3) is 22.2 Å². The SMILES string of the molecule is CN1CCN(c2cc(=O)c3ccnc(-c4ccc([S+](C)(=O)[O-])cc4)c3o2)CC1. The summed E-state index contributed by atoms with van der Waals surface area (Å²) >= 11 is 0. The van der Waals surface area contributed by atoms with Gasteiger partial charge in [0.25, 0.3) is 0 Å². The Morgan fingerprint density at radius 1 is 1.11 bits per heavy atom. The second-order valence-corrected chi connectivity index (χ2v) is 9.09. The summed E-state index contributed by atoms with van der Waals surface area (Å²) in [7, 11) is -1.22. The van der Waals surface area contributed by atoms with Crippen LogP contribution >= 0.6 is 0 Å². The first-order chi connectivity index (χ1) is 13.3. The second kappa shape index (κ2) is 7.12. The Morgan fingerprint density at radius 3 is 2.43 bits per heavy atom. The number of hydrogen-bond donors (Lipinski definition) is 0. The molecule has 1 aliphatic rings. The summed E-state index contributed by atoms with van der Waals surface area (Å²) in [5.74, 6) is 0.535. The predicted octanol–water partition coefficient (Wildman–Crippen LogP) is 2.23. The highest BCUT2D eigenvalue weighted by atomic mass is 32.3. The summed E-state index contributed by atoms with van der Waals surface area (Å²) in [4.78, 5) is 21.6. The second-order valence-electron chi connectivity index (χ2n) is 7.07. The standard InChI is InChI=1S/C20H21N3O4S/c1-22-9-11-23(12-10-22)18-13-17(24)16-7-8-21-19(20(16)27-18)14-3-5-15(6-4-14)28(2,25)26/h3-8,13H,9-12H2,1-2H3. The summed E-state index contributed by atoms with van der Waals surface area (Å²) in [6.45, 7) is 3.36. The predicted molar refractivity (Wildman–Crippen MR) is 108 cm³/mol. The first kappa shape index (κ1) is 18.8. The molecule has 1 atom stereocenters. The van der Waals surface area contributed by atoms with Crippen molar-refractivity contribution in [3.05, 3.63) is 52.8 Å². The molecule has 28 heavy (non-hydrogen) atoms. The van der Waals surface area contributed by atoms with E-state index < -0.39 is 10.2 Å². The molecule has 0 spiro atoms. The number of piperazine rings is 1. The zero-order valence-corrected chi connectivity index (χ0v) is 16.6. The van der Waals surface area contributed by atoms with Gasteiger partial charge in [-0.05, 0) is 37.4 Å². The Balaban J connectivity index is 1.81. The van der Waals surface area contributed by atoms with Crippen molar-refractivity contribution >= 4 is 27.1 Å². The molecule has 3 aromatic rings. The van der Waals surface area contributed by atoms with Crippen molar-refractivity contribution in [2.24, 2.45) is 0 Å². The van der Waals surface area contributed by atoms with Crippen molar-refractivity contribution in [3.8, 4) is 11.3 Å². The van der Waals surface area contributed by atoms with E-state index in [0.29, 0.717) is 28.1 Å². The van der Waals surface area contributed by atoms with Gasteiger partial charge in [-0.3, -0.25) is 9.78 Å². The Labute approximate surface area is 163 Å². The molecule has 4 rings (SSSR count). The minimum absolute atomic E-state index is 0.119. The molecule has 8 heteroatoms. The first-order valence-corrected chi connectivity index (χ1v) is 10.9. The van der Waals surface area contributed by atoms with Gasteiger partial charge in [0.05, 0.1) is 15.6 Å². The van der Waals surface area contributed by atoms with Gasteiger partial charge in [-0.25, -0.2) is 0 Å². The fourth-order valence-corrected chi connectivity index (χ4v) is 3.95. The molecule has 0 aliphatic carbocycles. The average Bonchev–Trinajstić information content (AvgIpc) is 2.67. The molecular weight excluding hydrogens is 378 g/mol. The van der Waals surface area contributed by atoms with Crippen molar-refractivity contribution in [1.29, 1.82) is 0 Å². The van der Waals surface area contributed by atoms with Crippen molar-refractivity contribution in [1.82, 2.24) is 9.88 Å². The van der Waals surface area contributed by atoms with Crippen LogP contribution in [-0.2, 0) is 14.4 Å². The van der Waals surface area contributed by atoms with E-state index in [1.807, 2.05) is 0 Å². The monoisotopic (exact) mass is 399 g/mol. The van der Waals surface area contributed by atoms with E-state index in [2.05, 4.69) is 21.8 Å². The molecule has 0 N–H and O–H groups in total. The van der Waals surface area contributed by atoms with Crippen molar-refractivity contribution in [2.45, 2.75) is 4.90 Å². The molecule has 146 valence electrons. The molecule has 1 fully saturated rings. The molecule has 0 bridgehead atoms. The van der Waals surface area contributed by atoms with Crippen LogP contribution in [0.3, 0.4) is 0 Å². The van der Waals surface area contributed by atoms with E-state index in [1.165, 1.54) is 24.5 Å². The topological polar surface area (TPSA) is 89.7 Å². The zero-order valence-electron chi connectivity index (χ0n) is 15.8. The summed E-state index contributed by atoms with van der Waals surface area (Å²) in [6, 6.07) is 9.61. The fourth-order valence-electron chi connectivity index (χ4n) is 3.32. The van der Waals surface area contributed by atoms with Crippen molar-refractivity contribution < 1.29 is 13.2 Å². The van der Waals surface area contributed by atoms with Crippen LogP contribution in [0.15, 0.2) is 56.7 Å². The Hall–Kier alpha value is -2.55. The van der Waals surface area contributed by atoms with Crippen molar-refractivity contribution in [3.63, 3.8) is 0 Å². The van der Waals surface area contributed by atoms with Gasteiger partial charge < -0.3 is 18.8 Å². The minimum Gasteiger partial charge on any atom is -0.610 e. The van der Waals surface area contributed by atoms with Gasteiger partial charge in [0.1, 0.15) is 11.9 Å². The van der Waals surface area contributed by atoms with E-state index >= 15 is 0 Å². The maximum atomic E-state index is 12.7. The van der Waals surface area contributed by atoms with Crippen LogP contribution in [0, 0.1) is 0 Å². The average molecular weight is 399 g/mol. The maximum absolute atomic E-state index is 12.7. The van der Waals surface area contributed by atoms with Crippen LogP contribution in [0.1, 0.15) is 0 Å². The highest BCUT2D eigenvalue weighted by Crippen LogP contribution is 2.29. The van der Waals surface area contributed by atoms with Gasteiger partial charge in [0.2, 0.25) is 0 Å². The summed E-state index contributed by atoms with van der Waals surface area (Å²) in [6.07, 6.45) is 2.73. The zero-order chi connectivity index (χ0) is 19.9. The number of hydrogen-bond acceptors (Lipinski definition) is 7. The molecule has 1 aromatic carbocycles. The lowest BCUT2D eigenvalue weighted by molar-refractivity contribution is 0.306. The molecule has 1 unspecified atom stereocenters. The van der Waals surface area contributed by atoms with E-state index in [0.717, 1.165) is 26.2 Å². The van der Waals surface area contributed by atoms with Gasteiger partial charge in [-0.15, -0.1) is 4.21 Å². The number of benzene rings is 1. The van der Waals surface area contributed by atoms with Gasteiger partial charge >= 0.3 is 0 Å². The Morgan fingerprint density at radius 2 is 1.79 bits per heavy atom. The maximum Gasteiger partial charge on any atom is 0.200 e. The van der Waals surface area contributed by atoms with E-state index in [1.54, 1.807) is 24.4 Å². The Kier molecular flexibility index (Phi) is 4.78. The molecule has 7 nitrogen and oxygen atoms in total. The summed E-state index contributed by atoms with van der Waals surface area (Å²) < 4.78 is 29.5. The van der Waals surface area contributed by atoms with Gasteiger partial charge in [0, 0.05) is 44.0 Å². The molecule has 2 aromatic heterocycles. The van der Waals surface area contributed by atoms with E-state index in [-0.39, 0.29) is 10.3 Å². The molecular formula is C20H21N3O4S. The molecule has 1 aliphatic heterocycles. The largest absolute Gasteiger partial charge is 0.610 e. The Bertz CT molecular complexity index is 1110. The highest BCUT2D eigenvalue weighted by Gasteiger charge is 2.20. The lowest BCUT2D eigenvalue weighted by atomic mass is 10.1. The summed E-state index contributed by atoms with van der Waals surface area (Å²) in [5.41, 5.74) is 1.50. The number of nitrogens with zero attached hydrogens (tertiary/aromatic N) is 3. The third-order valence-corrected chi connectivity index (χ3v) is 6.13. The van der Waals surface area contributed by atoms with Crippen LogP contribution < -0.4 is 10.3 Å².